The summed E-state index contributed by atoms with van der Waals surface area (Å²) in [5.74, 6) is 1.90. The number of piperidine rings is 1. The maximum atomic E-state index is 4.70. The normalized spacial score (nSPS) is 20.4. The van der Waals surface area contributed by atoms with Crippen molar-refractivity contribution in [3.8, 4) is 0 Å². The molecule has 3 nitrogen and oxygen atoms in total. The van der Waals surface area contributed by atoms with Gasteiger partial charge in [-0.3, -0.25) is 4.90 Å². The molecule has 1 aliphatic heterocycles. The quantitative estimate of drug-likeness (QED) is 0.849. The van der Waals surface area contributed by atoms with Crippen LogP contribution < -0.4 is 5.32 Å². The zero-order chi connectivity index (χ0) is 13.5. The summed E-state index contributed by atoms with van der Waals surface area (Å²) in [6.45, 7) is 8.95. The average Bonchev–Trinajstić information content (AvgIpc) is 2.46. The molecular weight excluding hydrogens is 234 g/mol. The number of nitrogens with one attached hydrogen (secondary N) is 1. The number of nitrogens with zero attached hydrogens (tertiary/aromatic N) is 2. The fraction of sp³-hybridized carbons (Fsp3) is 0.688. The smallest absolute Gasteiger partial charge is 0.126 e. The van der Waals surface area contributed by atoms with Crippen LogP contribution in [0.15, 0.2) is 18.2 Å². The van der Waals surface area contributed by atoms with Crippen LogP contribution in [0.3, 0.4) is 0 Å². The molecule has 0 amide bonds. The Labute approximate surface area is 117 Å². The van der Waals surface area contributed by atoms with Crippen LogP contribution in [0.25, 0.3) is 0 Å². The standard InChI is InChI=1S/C16H27N3/c1-3-10-17-16-9-5-8-15(18-16)13-19-11-6-7-14(4-2)12-19/h5,8-9,14H,3-4,6-7,10-13H2,1-2H3,(H,17,18). The fourth-order valence-electron chi connectivity index (χ4n) is 2.78. The third-order valence-electron chi connectivity index (χ3n) is 3.93. The summed E-state index contributed by atoms with van der Waals surface area (Å²) < 4.78 is 0. The van der Waals surface area contributed by atoms with Gasteiger partial charge in [-0.05, 0) is 43.9 Å². The number of pyridine rings is 1. The molecule has 1 unspecified atom stereocenters. The van der Waals surface area contributed by atoms with Crippen LogP contribution in [0.1, 0.15) is 45.2 Å². The minimum atomic E-state index is 0.884. The molecule has 0 aliphatic carbocycles. The van der Waals surface area contributed by atoms with Gasteiger partial charge in [0.15, 0.2) is 0 Å². The lowest BCUT2D eigenvalue weighted by Crippen LogP contribution is -2.34. The highest BCUT2D eigenvalue weighted by Crippen LogP contribution is 2.20. The first-order valence-corrected chi connectivity index (χ1v) is 7.74. The van der Waals surface area contributed by atoms with E-state index in [-0.39, 0.29) is 0 Å². The fourth-order valence-corrected chi connectivity index (χ4v) is 2.78. The summed E-state index contributed by atoms with van der Waals surface area (Å²) in [4.78, 5) is 7.26. The Balaban J connectivity index is 1.90. The summed E-state index contributed by atoms with van der Waals surface area (Å²) in [5, 5.41) is 3.36. The van der Waals surface area contributed by atoms with E-state index in [1.807, 2.05) is 0 Å². The molecule has 19 heavy (non-hydrogen) atoms. The van der Waals surface area contributed by atoms with Gasteiger partial charge in [-0.2, -0.15) is 0 Å². The SMILES string of the molecule is CCCNc1cccc(CN2CCCC(CC)C2)n1. The van der Waals surface area contributed by atoms with Crippen LogP contribution in [-0.2, 0) is 6.54 Å². The minimum absolute atomic E-state index is 0.884. The van der Waals surface area contributed by atoms with Crippen molar-refractivity contribution in [1.29, 1.82) is 0 Å². The molecular formula is C16H27N3. The molecule has 0 saturated carbocycles. The topological polar surface area (TPSA) is 28.2 Å². The largest absolute Gasteiger partial charge is 0.370 e. The van der Waals surface area contributed by atoms with Crippen molar-refractivity contribution in [3.05, 3.63) is 23.9 Å². The van der Waals surface area contributed by atoms with Crippen molar-refractivity contribution < 1.29 is 0 Å². The Morgan fingerprint density at radius 3 is 3.05 bits per heavy atom. The molecule has 0 bridgehead atoms. The van der Waals surface area contributed by atoms with E-state index < -0.39 is 0 Å². The maximum absolute atomic E-state index is 4.70. The van der Waals surface area contributed by atoms with Gasteiger partial charge in [0.25, 0.3) is 0 Å². The number of rotatable bonds is 6. The number of hydrogen-bond donors (Lipinski definition) is 1. The molecule has 1 saturated heterocycles. The number of anilines is 1. The Hall–Kier alpha value is -1.09. The van der Waals surface area contributed by atoms with E-state index in [0.717, 1.165) is 31.2 Å². The molecule has 1 N–H and O–H groups in total. The lowest BCUT2D eigenvalue weighted by atomic mass is 9.95. The van der Waals surface area contributed by atoms with Crippen LogP contribution in [0.2, 0.25) is 0 Å². The van der Waals surface area contributed by atoms with Gasteiger partial charge in [0, 0.05) is 19.6 Å². The molecule has 2 rings (SSSR count). The third-order valence-corrected chi connectivity index (χ3v) is 3.93. The predicted octanol–water partition coefficient (Wildman–Crippen LogP) is 3.53. The molecule has 1 aliphatic rings. The van der Waals surface area contributed by atoms with Gasteiger partial charge in [0.2, 0.25) is 0 Å². The zero-order valence-corrected chi connectivity index (χ0v) is 12.4. The van der Waals surface area contributed by atoms with Gasteiger partial charge in [-0.25, -0.2) is 4.98 Å². The maximum Gasteiger partial charge on any atom is 0.126 e. The number of likely N-dealkylation sites (tertiary alicyclic amines) is 1. The summed E-state index contributed by atoms with van der Waals surface area (Å²) in [5.41, 5.74) is 1.19. The van der Waals surface area contributed by atoms with E-state index in [9.17, 15) is 0 Å². The Morgan fingerprint density at radius 2 is 2.26 bits per heavy atom. The van der Waals surface area contributed by atoms with E-state index in [1.54, 1.807) is 0 Å². The molecule has 0 radical (unpaired) electrons. The highest BCUT2D eigenvalue weighted by Gasteiger charge is 2.18. The van der Waals surface area contributed by atoms with E-state index in [4.69, 9.17) is 4.98 Å². The Kier molecular flexibility index (Phi) is 5.64. The van der Waals surface area contributed by atoms with Gasteiger partial charge in [0.1, 0.15) is 5.82 Å². The number of hydrogen-bond acceptors (Lipinski definition) is 3. The highest BCUT2D eigenvalue weighted by molar-refractivity contribution is 5.35. The summed E-state index contributed by atoms with van der Waals surface area (Å²) in [6, 6.07) is 6.32. The van der Waals surface area contributed by atoms with Gasteiger partial charge in [0.05, 0.1) is 5.69 Å². The van der Waals surface area contributed by atoms with Gasteiger partial charge >= 0.3 is 0 Å². The molecule has 1 aromatic heterocycles. The zero-order valence-electron chi connectivity index (χ0n) is 12.4. The molecule has 1 fully saturated rings. The van der Waals surface area contributed by atoms with Crippen molar-refractivity contribution in [1.82, 2.24) is 9.88 Å². The summed E-state index contributed by atoms with van der Waals surface area (Å²) in [7, 11) is 0. The van der Waals surface area contributed by atoms with E-state index in [1.165, 1.54) is 38.0 Å². The summed E-state index contributed by atoms with van der Waals surface area (Å²) >= 11 is 0. The first-order chi connectivity index (χ1) is 9.31. The lowest BCUT2D eigenvalue weighted by Gasteiger charge is -2.31. The first kappa shape index (κ1) is 14.3. The van der Waals surface area contributed by atoms with Crippen molar-refractivity contribution in [3.63, 3.8) is 0 Å². The molecule has 1 atom stereocenters. The van der Waals surface area contributed by atoms with Crippen LogP contribution in [0.5, 0.6) is 0 Å². The predicted molar refractivity (Wildman–Crippen MR) is 81.3 cm³/mol. The Morgan fingerprint density at radius 1 is 1.37 bits per heavy atom. The molecule has 0 spiro atoms. The van der Waals surface area contributed by atoms with Gasteiger partial charge in [-0.15, -0.1) is 0 Å². The second kappa shape index (κ2) is 7.49. The van der Waals surface area contributed by atoms with Crippen LogP contribution in [0.4, 0.5) is 5.82 Å². The molecule has 106 valence electrons. The second-order valence-corrected chi connectivity index (χ2v) is 5.59. The van der Waals surface area contributed by atoms with Crippen LogP contribution in [0, 0.1) is 5.92 Å². The van der Waals surface area contributed by atoms with E-state index in [2.05, 4.69) is 42.3 Å². The minimum Gasteiger partial charge on any atom is -0.370 e. The molecule has 0 aromatic carbocycles. The second-order valence-electron chi connectivity index (χ2n) is 5.59. The van der Waals surface area contributed by atoms with Crippen molar-refractivity contribution in [2.75, 3.05) is 25.0 Å². The van der Waals surface area contributed by atoms with Crippen LogP contribution >= 0.6 is 0 Å². The van der Waals surface area contributed by atoms with Gasteiger partial charge < -0.3 is 5.32 Å². The van der Waals surface area contributed by atoms with Crippen LogP contribution in [-0.4, -0.2) is 29.5 Å². The van der Waals surface area contributed by atoms with E-state index >= 15 is 0 Å². The third kappa shape index (κ3) is 4.50. The van der Waals surface area contributed by atoms with E-state index in [0.29, 0.717) is 0 Å². The first-order valence-electron chi connectivity index (χ1n) is 7.74. The molecule has 3 heteroatoms. The highest BCUT2D eigenvalue weighted by atomic mass is 15.1. The van der Waals surface area contributed by atoms with Gasteiger partial charge in [-0.1, -0.05) is 26.3 Å². The summed E-state index contributed by atoms with van der Waals surface area (Å²) in [6.07, 6.45) is 5.18. The van der Waals surface area contributed by atoms with Crippen molar-refractivity contribution >= 4 is 5.82 Å². The monoisotopic (exact) mass is 261 g/mol. The van der Waals surface area contributed by atoms with Crippen molar-refractivity contribution in [2.24, 2.45) is 5.92 Å². The molecule has 2 heterocycles. The lowest BCUT2D eigenvalue weighted by molar-refractivity contribution is 0.163. The van der Waals surface area contributed by atoms with Crippen molar-refractivity contribution in [2.45, 2.75) is 46.1 Å². The average molecular weight is 261 g/mol. The molecule has 1 aromatic rings. The Bertz CT molecular complexity index is 378. The number of aromatic nitrogens is 1.